The molecular weight excluding hydrogens is 400 g/mol. The summed E-state index contributed by atoms with van der Waals surface area (Å²) in [6.45, 7) is 0. The predicted molar refractivity (Wildman–Crippen MR) is 105 cm³/mol. The summed E-state index contributed by atoms with van der Waals surface area (Å²) in [5.74, 6) is 1.13. The molecule has 0 radical (unpaired) electrons. The van der Waals surface area contributed by atoms with E-state index in [9.17, 15) is 13.2 Å². The number of nitrogens with one attached hydrogen (secondary N) is 1. The number of furan rings is 1. The first-order valence-electron chi connectivity index (χ1n) is 8.69. The third-order valence-corrected chi connectivity index (χ3v) is 7.02. The fourth-order valence-corrected chi connectivity index (χ4v) is 5.48. The number of thioether (sulfide) groups is 1. The molecule has 2 aromatic heterocycles. The Bertz CT molecular complexity index is 1060. The van der Waals surface area contributed by atoms with E-state index in [0.717, 1.165) is 5.69 Å². The van der Waals surface area contributed by atoms with Crippen LogP contribution < -0.4 is 5.32 Å². The second kappa shape index (κ2) is 7.80. The van der Waals surface area contributed by atoms with Crippen LogP contribution in [0.2, 0.25) is 0 Å². The van der Waals surface area contributed by atoms with E-state index in [0.29, 0.717) is 23.2 Å². The number of amides is 1. The lowest BCUT2D eigenvalue weighted by Crippen LogP contribution is -2.36. The minimum atomic E-state index is -3.03. The summed E-state index contributed by atoms with van der Waals surface area (Å²) in [5.41, 5.74) is 0.851. The molecular formula is C18H18N4O4S2. The summed E-state index contributed by atoms with van der Waals surface area (Å²) in [7, 11) is -3.03. The van der Waals surface area contributed by atoms with Gasteiger partial charge in [-0.05, 0) is 30.7 Å². The van der Waals surface area contributed by atoms with Gasteiger partial charge in [-0.25, -0.2) is 8.42 Å². The van der Waals surface area contributed by atoms with E-state index in [2.05, 4.69) is 15.5 Å². The molecule has 8 nitrogen and oxygen atoms in total. The molecule has 146 valence electrons. The molecule has 0 spiro atoms. The number of carbonyl (C=O) groups excluding carboxylic acids is 1. The van der Waals surface area contributed by atoms with E-state index in [4.69, 9.17) is 4.42 Å². The number of benzene rings is 1. The van der Waals surface area contributed by atoms with Gasteiger partial charge in [-0.3, -0.25) is 9.36 Å². The molecule has 1 saturated heterocycles. The highest BCUT2D eigenvalue weighted by Gasteiger charge is 2.29. The van der Waals surface area contributed by atoms with Crippen LogP contribution in [0.15, 0.2) is 58.3 Å². The Morgan fingerprint density at radius 1 is 1.21 bits per heavy atom. The van der Waals surface area contributed by atoms with E-state index >= 15 is 0 Å². The van der Waals surface area contributed by atoms with Crippen molar-refractivity contribution in [1.29, 1.82) is 0 Å². The van der Waals surface area contributed by atoms with Crippen molar-refractivity contribution in [3.8, 4) is 17.3 Å². The number of para-hydroxylation sites is 1. The van der Waals surface area contributed by atoms with Crippen LogP contribution in [0.25, 0.3) is 17.3 Å². The fraction of sp³-hybridized carbons (Fsp3) is 0.278. The molecule has 1 fully saturated rings. The van der Waals surface area contributed by atoms with Crippen molar-refractivity contribution in [3.63, 3.8) is 0 Å². The number of hydrogen-bond acceptors (Lipinski definition) is 7. The van der Waals surface area contributed by atoms with Crippen molar-refractivity contribution in [2.24, 2.45) is 0 Å². The van der Waals surface area contributed by atoms with Gasteiger partial charge in [0.15, 0.2) is 20.8 Å². The topological polar surface area (TPSA) is 107 Å². The molecule has 1 N–H and O–H groups in total. The predicted octanol–water partition coefficient (Wildman–Crippen LogP) is 1.92. The Balaban J connectivity index is 1.51. The van der Waals surface area contributed by atoms with Crippen LogP contribution in [-0.2, 0) is 14.6 Å². The van der Waals surface area contributed by atoms with Gasteiger partial charge in [0.25, 0.3) is 0 Å². The molecule has 0 aliphatic carbocycles. The third kappa shape index (κ3) is 4.12. The molecule has 0 bridgehead atoms. The average Bonchev–Trinajstić information content (AvgIpc) is 3.40. The van der Waals surface area contributed by atoms with Gasteiger partial charge in [0.05, 0.1) is 23.5 Å². The van der Waals surface area contributed by atoms with E-state index in [1.807, 2.05) is 34.9 Å². The van der Waals surface area contributed by atoms with Gasteiger partial charge < -0.3 is 9.73 Å². The second-order valence-corrected chi connectivity index (χ2v) is 9.58. The average molecular weight is 419 g/mol. The molecule has 10 heteroatoms. The largest absolute Gasteiger partial charge is 0.461 e. The Hall–Kier alpha value is -2.59. The molecule has 1 atom stereocenters. The van der Waals surface area contributed by atoms with Crippen LogP contribution in [0, 0.1) is 0 Å². The maximum absolute atomic E-state index is 12.3. The Labute approximate surface area is 166 Å². The van der Waals surface area contributed by atoms with Gasteiger partial charge >= 0.3 is 0 Å². The third-order valence-electron chi connectivity index (χ3n) is 4.32. The number of rotatable bonds is 6. The van der Waals surface area contributed by atoms with Crippen molar-refractivity contribution in [3.05, 3.63) is 48.7 Å². The summed E-state index contributed by atoms with van der Waals surface area (Å²) in [6.07, 6.45) is 2.02. The van der Waals surface area contributed by atoms with E-state index in [1.165, 1.54) is 11.8 Å². The summed E-state index contributed by atoms with van der Waals surface area (Å²) in [4.78, 5) is 12.3. The SMILES string of the molecule is O=C(CSc1nnc(-c2ccco2)n1-c1ccccc1)N[C@@H]1CCS(=O)(=O)C1. The van der Waals surface area contributed by atoms with Crippen molar-refractivity contribution in [1.82, 2.24) is 20.1 Å². The zero-order valence-corrected chi connectivity index (χ0v) is 16.4. The first-order valence-corrected chi connectivity index (χ1v) is 11.5. The van der Waals surface area contributed by atoms with E-state index in [1.54, 1.807) is 18.4 Å². The molecule has 1 aromatic carbocycles. The Morgan fingerprint density at radius 3 is 2.71 bits per heavy atom. The lowest BCUT2D eigenvalue weighted by molar-refractivity contribution is -0.119. The normalized spacial score (nSPS) is 18.2. The zero-order valence-electron chi connectivity index (χ0n) is 14.8. The van der Waals surface area contributed by atoms with Gasteiger partial charge in [-0.1, -0.05) is 30.0 Å². The second-order valence-electron chi connectivity index (χ2n) is 6.41. The maximum Gasteiger partial charge on any atom is 0.230 e. The minimum absolute atomic E-state index is 0.00620. The van der Waals surface area contributed by atoms with Crippen LogP contribution in [0.3, 0.4) is 0 Å². The number of aromatic nitrogens is 3. The van der Waals surface area contributed by atoms with Crippen molar-refractivity contribution < 1.29 is 17.6 Å². The molecule has 3 aromatic rings. The van der Waals surface area contributed by atoms with Crippen LogP contribution in [0.4, 0.5) is 0 Å². The highest BCUT2D eigenvalue weighted by Crippen LogP contribution is 2.28. The van der Waals surface area contributed by atoms with Gasteiger partial charge in [-0.15, -0.1) is 10.2 Å². The standard InChI is InChI=1S/C18H18N4O4S2/c23-16(19-13-8-10-28(24,25)12-13)11-27-18-21-20-17(15-7-4-9-26-15)22(18)14-5-2-1-3-6-14/h1-7,9,13H,8,10-12H2,(H,19,23)/t13-/m1/s1. The lowest BCUT2D eigenvalue weighted by atomic mass is 10.3. The van der Waals surface area contributed by atoms with Crippen LogP contribution in [0.1, 0.15) is 6.42 Å². The van der Waals surface area contributed by atoms with Crippen molar-refractivity contribution >= 4 is 27.5 Å². The maximum atomic E-state index is 12.3. The molecule has 1 aliphatic heterocycles. The van der Waals surface area contributed by atoms with E-state index in [-0.39, 0.29) is 29.2 Å². The Morgan fingerprint density at radius 2 is 2.04 bits per heavy atom. The highest BCUT2D eigenvalue weighted by atomic mass is 32.2. The summed E-state index contributed by atoms with van der Waals surface area (Å²) < 4.78 is 30.4. The number of carbonyl (C=O) groups is 1. The first-order chi connectivity index (χ1) is 13.5. The van der Waals surface area contributed by atoms with Gasteiger partial charge in [-0.2, -0.15) is 0 Å². The number of sulfone groups is 1. The van der Waals surface area contributed by atoms with E-state index < -0.39 is 9.84 Å². The molecule has 1 aliphatic rings. The number of hydrogen-bond donors (Lipinski definition) is 1. The highest BCUT2D eigenvalue weighted by molar-refractivity contribution is 7.99. The molecule has 1 amide bonds. The minimum Gasteiger partial charge on any atom is -0.461 e. The quantitative estimate of drug-likeness (QED) is 0.610. The van der Waals surface area contributed by atoms with Gasteiger partial charge in [0.2, 0.25) is 11.7 Å². The van der Waals surface area contributed by atoms with Gasteiger partial charge in [0.1, 0.15) is 0 Å². The summed E-state index contributed by atoms with van der Waals surface area (Å²) >= 11 is 1.24. The van der Waals surface area contributed by atoms with Crippen LogP contribution in [-0.4, -0.2) is 52.4 Å². The smallest absolute Gasteiger partial charge is 0.230 e. The van der Waals surface area contributed by atoms with Crippen molar-refractivity contribution in [2.75, 3.05) is 17.3 Å². The molecule has 28 heavy (non-hydrogen) atoms. The van der Waals surface area contributed by atoms with Gasteiger partial charge in [0, 0.05) is 11.7 Å². The molecule has 0 unspecified atom stereocenters. The Kier molecular flexibility index (Phi) is 5.23. The molecule has 0 saturated carbocycles. The lowest BCUT2D eigenvalue weighted by Gasteiger charge is -2.11. The molecule has 3 heterocycles. The van der Waals surface area contributed by atoms with Crippen molar-refractivity contribution in [2.45, 2.75) is 17.6 Å². The first kappa shape index (κ1) is 18.8. The van der Waals surface area contributed by atoms with Crippen LogP contribution >= 0.6 is 11.8 Å². The summed E-state index contributed by atoms with van der Waals surface area (Å²) in [5, 5.41) is 11.8. The molecule has 4 rings (SSSR count). The zero-order chi connectivity index (χ0) is 19.6. The fourth-order valence-electron chi connectivity index (χ4n) is 3.05. The monoisotopic (exact) mass is 418 g/mol. The number of nitrogens with zero attached hydrogens (tertiary/aromatic N) is 3. The van der Waals surface area contributed by atoms with Crippen LogP contribution in [0.5, 0.6) is 0 Å². The summed E-state index contributed by atoms with van der Waals surface area (Å²) in [6, 6.07) is 12.8.